The van der Waals surface area contributed by atoms with Gasteiger partial charge in [-0.1, -0.05) is 0 Å². The number of pyridine rings is 1. The second-order valence-corrected chi connectivity index (χ2v) is 5.26. The summed E-state index contributed by atoms with van der Waals surface area (Å²) >= 11 is 0. The summed E-state index contributed by atoms with van der Waals surface area (Å²) in [6.45, 7) is 2.92. The number of nitrogens with one attached hydrogen (secondary N) is 2. The third-order valence-corrected chi connectivity index (χ3v) is 3.84. The fourth-order valence-corrected chi connectivity index (χ4v) is 2.72. The van der Waals surface area contributed by atoms with Gasteiger partial charge < -0.3 is 15.2 Å². The summed E-state index contributed by atoms with van der Waals surface area (Å²) in [6, 6.07) is 3.97. The predicted molar refractivity (Wildman–Crippen MR) is 78.2 cm³/mol. The molecule has 1 aliphatic heterocycles. The van der Waals surface area contributed by atoms with Crippen LogP contribution in [0.2, 0.25) is 0 Å². The van der Waals surface area contributed by atoms with Crippen LogP contribution >= 0.6 is 0 Å². The number of nitrogens with zero attached hydrogens (tertiary/aromatic N) is 2. The highest BCUT2D eigenvalue weighted by Crippen LogP contribution is 2.15. The van der Waals surface area contributed by atoms with Crippen LogP contribution < -0.4 is 5.32 Å². The zero-order valence-corrected chi connectivity index (χ0v) is 11.6. The van der Waals surface area contributed by atoms with Crippen molar-refractivity contribution in [3.8, 4) is 0 Å². The van der Waals surface area contributed by atoms with E-state index in [4.69, 9.17) is 0 Å². The molecule has 5 nitrogen and oxygen atoms in total. The first kappa shape index (κ1) is 13.1. The molecular formula is C15H20N4O. The van der Waals surface area contributed by atoms with Crippen LogP contribution in [-0.4, -0.2) is 40.4 Å². The van der Waals surface area contributed by atoms with Crippen molar-refractivity contribution in [3.63, 3.8) is 0 Å². The van der Waals surface area contributed by atoms with Gasteiger partial charge in [0.2, 0.25) is 5.91 Å². The number of H-pyrrole nitrogens is 1. The van der Waals surface area contributed by atoms with Crippen LogP contribution in [0.1, 0.15) is 24.8 Å². The Morgan fingerprint density at radius 2 is 2.20 bits per heavy atom. The van der Waals surface area contributed by atoms with Crippen molar-refractivity contribution >= 4 is 16.9 Å². The van der Waals surface area contributed by atoms with Crippen LogP contribution in [0.15, 0.2) is 24.5 Å². The number of carbonyl (C=O) groups is 1. The lowest BCUT2D eigenvalue weighted by atomic mass is 10.1. The number of carbonyl (C=O) groups excluding carboxylic acids is 1. The summed E-state index contributed by atoms with van der Waals surface area (Å²) in [5, 5.41) is 4.35. The minimum atomic E-state index is 0.211. The zero-order chi connectivity index (χ0) is 13.8. The Kier molecular flexibility index (Phi) is 3.97. The Hall–Kier alpha value is -1.88. The number of aromatic nitrogens is 2. The molecule has 1 saturated heterocycles. The molecule has 1 fully saturated rings. The average Bonchev–Trinajstić information content (AvgIpc) is 2.92. The van der Waals surface area contributed by atoms with Crippen molar-refractivity contribution in [2.24, 2.45) is 0 Å². The summed E-state index contributed by atoms with van der Waals surface area (Å²) in [7, 11) is 0. The number of hydrogen-bond donors (Lipinski definition) is 2. The molecule has 106 valence electrons. The van der Waals surface area contributed by atoms with Gasteiger partial charge in [-0.25, -0.2) is 4.98 Å². The van der Waals surface area contributed by atoms with Gasteiger partial charge in [-0.2, -0.15) is 0 Å². The van der Waals surface area contributed by atoms with E-state index in [-0.39, 0.29) is 5.91 Å². The van der Waals surface area contributed by atoms with Crippen LogP contribution in [-0.2, 0) is 11.3 Å². The van der Waals surface area contributed by atoms with Gasteiger partial charge in [-0.3, -0.25) is 4.79 Å². The van der Waals surface area contributed by atoms with Crippen molar-refractivity contribution in [1.82, 2.24) is 20.2 Å². The molecule has 3 heterocycles. The van der Waals surface area contributed by atoms with E-state index in [1.807, 2.05) is 23.2 Å². The summed E-state index contributed by atoms with van der Waals surface area (Å²) in [5.41, 5.74) is 2.05. The molecular weight excluding hydrogens is 252 g/mol. The standard InChI is InChI=1S/C15H20N4O/c20-14(19-7-2-1-3-8-19)11-16-9-12-10-18-15-13(12)5-4-6-17-15/h4-6,10,16H,1-3,7-9,11H2,(H,17,18). The molecule has 0 spiro atoms. The van der Waals surface area contributed by atoms with Crippen LogP contribution in [0.5, 0.6) is 0 Å². The zero-order valence-electron chi connectivity index (χ0n) is 11.6. The highest BCUT2D eigenvalue weighted by atomic mass is 16.2. The normalized spacial score (nSPS) is 15.7. The van der Waals surface area contributed by atoms with Gasteiger partial charge in [0, 0.05) is 37.4 Å². The number of aromatic amines is 1. The molecule has 5 heteroatoms. The summed E-state index contributed by atoms with van der Waals surface area (Å²) in [4.78, 5) is 21.4. The number of likely N-dealkylation sites (tertiary alicyclic amines) is 1. The second-order valence-electron chi connectivity index (χ2n) is 5.26. The molecule has 0 aromatic carbocycles. The second kappa shape index (κ2) is 6.05. The first-order chi connectivity index (χ1) is 9.84. The molecule has 0 atom stereocenters. The van der Waals surface area contributed by atoms with Gasteiger partial charge in [-0.15, -0.1) is 0 Å². The van der Waals surface area contributed by atoms with Gasteiger partial charge in [0.1, 0.15) is 5.65 Å². The van der Waals surface area contributed by atoms with E-state index in [1.54, 1.807) is 6.20 Å². The lowest BCUT2D eigenvalue weighted by Crippen LogP contribution is -2.40. The Bertz CT molecular complexity index is 586. The van der Waals surface area contributed by atoms with Crippen molar-refractivity contribution in [2.45, 2.75) is 25.8 Å². The number of rotatable bonds is 4. The predicted octanol–water partition coefficient (Wildman–Crippen LogP) is 1.66. The third kappa shape index (κ3) is 2.82. The van der Waals surface area contributed by atoms with E-state index in [1.165, 1.54) is 6.42 Å². The number of piperidine rings is 1. The molecule has 0 bridgehead atoms. The minimum absolute atomic E-state index is 0.211. The van der Waals surface area contributed by atoms with E-state index >= 15 is 0 Å². The minimum Gasteiger partial charge on any atom is -0.346 e. The Labute approximate surface area is 118 Å². The number of hydrogen-bond acceptors (Lipinski definition) is 3. The maximum atomic E-state index is 12.0. The molecule has 2 aromatic heterocycles. The van der Waals surface area contributed by atoms with Crippen molar-refractivity contribution in [1.29, 1.82) is 0 Å². The maximum Gasteiger partial charge on any atom is 0.236 e. The molecule has 3 rings (SSSR count). The van der Waals surface area contributed by atoms with Gasteiger partial charge in [0.25, 0.3) is 0 Å². The fraction of sp³-hybridized carbons (Fsp3) is 0.467. The highest BCUT2D eigenvalue weighted by molar-refractivity contribution is 5.80. The van der Waals surface area contributed by atoms with E-state index in [0.29, 0.717) is 13.1 Å². The highest BCUT2D eigenvalue weighted by Gasteiger charge is 2.15. The number of fused-ring (bicyclic) bond motifs is 1. The fourth-order valence-electron chi connectivity index (χ4n) is 2.72. The van der Waals surface area contributed by atoms with Gasteiger partial charge >= 0.3 is 0 Å². The lowest BCUT2D eigenvalue weighted by molar-refractivity contribution is -0.131. The number of amides is 1. The Balaban J connectivity index is 1.53. The van der Waals surface area contributed by atoms with Crippen molar-refractivity contribution in [2.75, 3.05) is 19.6 Å². The quantitative estimate of drug-likeness (QED) is 0.890. The molecule has 2 N–H and O–H groups in total. The molecule has 1 aliphatic rings. The Morgan fingerprint density at radius 1 is 1.35 bits per heavy atom. The van der Waals surface area contributed by atoms with E-state index in [2.05, 4.69) is 15.3 Å². The smallest absolute Gasteiger partial charge is 0.236 e. The topological polar surface area (TPSA) is 61.0 Å². The van der Waals surface area contributed by atoms with Gasteiger partial charge in [-0.05, 0) is 37.0 Å². The first-order valence-electron chi connectivity index (χ1n) is 7.24. The monoisotopic (exact) mass is 272 g/mol. The Morgan fingerprint density at radius 3 is 3.05 bits per heavy atom. The van der Waals surface area contributed by atoms with Gasteiger partial charge in [0.15, 0.2) is 0 Å². The molecule has 20 heavy (non-hydrogen) atoms. The van der Waals surface area contributed by atoms with Crippen LogP contribution in [0, 0.1) is 0 Å². The largest absolute Gasteiger partial charge is 0.346 e. The summed E-state index contributed by atoms with van der Waals surface area (Å²) in [6.07, 6.45) is 7.26. The van der Waals surface area contributed by atoms with Crippen LogP contribution in [0.25, 0.3) is 11.0 Å². The van der Waals surface area contributed by atoms with E-state index in [9.17, 15) is 4.79 Å². The molecule has 1 amide bonds. The van der Waals surface area contributed by atoms with E-state index in [0.717, 1.165) is 42.5 Å². The van der Waals surface area contributed by atoms with Crippen molar-refractivity contribution in [3.05, 3.63) is 30.1 Å². The average molecular weight is 272 g/mol. The van der Waals surface area contributed by atoms with Crippen molar-refractivity contribution < 1.29 is 4.79 Å². The molecule has 0 aliphatic carbocycles. The van der Waals surface area contributed by atoms with Crippen LogP contribution in [0.4, 0.5) is 0 Å². The molecule has 2 aromatic rings. The first-order valence-corrected chi connectivity index (χ1v) is 7.24. The third-order valence-electron chi connectivity index (χ3n) is 3.84. The summed E-state index contributed by atoms with van der Waals surface area (Å²) < 4.78 is 0. The SMILES string of the molecule is O=C(CNCc1c[nH]c2ncccc12)N1CCCCC1. The summed E-state index contributed by atoms with van der Waals surface area (Å²) in [5.74, 6) is 0.211. The van der Waals surface area contributed by atoms with E-state index < -0.39 is 0 Å². The molecule has 0 unspecified atom stereocenters. The van der Waals surface area contributed by atoms with Crippen LogP contribution in [0.3, 0.4) is 0 Å². The molecule has 0 saturated carbocycles. The lowest BCUT2D eigenvalue weighted by Gasteiger charge is -2.26. The van der Waals surface area contributed by atoms with Gasteiger partial charge in [0.05, 0.1) is 6.54 Å². The molecule has 0 radical (unpaired) electrons. The maximum absolute atomic E-state index is 12.0.